The van der Waals surface area contributed by atoms with Crippen LogP contribution >= 0.6 is 24.0 Å². The fourth-order valence-corrected chi connectivity index (χ4v) is 4.06. The van der Waals surface area contributed by atoms with Crippen LogP contribution in [0.4, 0.5) is 0 Å². The summed E-state index contributed by atoms with van der Waals surface area (Å²) in [5, 5.41) is 0.379. The van der Waals surface area contributed by atoms with Crippen LogP contribution in [0.3, 0.4) is 0 Å². The van der Waals surface area contributed by atoms with Crippen molar-refractivity contribution in [1.82, 2.24) is 9.21 Å². The molecule has 0 unspecified atom stereocenters. The number of benzene rings is 1. The predicted octanol–water partition coefficient (Wildman–Crippen LogP) is 1.33. The summed E-state index contributed by atoms with van der Waals surface area (Å²) >= 11 is 5.86. The smallest absolute Gasteiger partial charge is 0.243 e. The van der Waals surface area contributed by atoms with Gasteiger partial charge in [0.15, 0.2) is 0 Å². The van der Waals surface area contributed by atoms with Crippen molar-refractivity contribution in [3.8, 4) is 0 Å². The Morgan fingerprint density at radius 1 is 1.30 bits per heavy atom. The van der Waals surface area contributed by atoms with Crippen molar-refractivity contribution in [3.63, 3.8) is 0 Å². The molecule has 2 N–H and O–H groups in total. The molecule has 2 rings (SSSR count). The van der Waals surface area contributed by atoms with Crippen LogP contribution in [0.1, 0.15) is 13.3 Å². The standard InChI is InChI=1S/C14H20ClN3O3S.ClH/c1-2-13(16)14(19)17-6-8-18(9-7-17)22(20,21)12-5-3-4-11(15)10-12;/h3-5,10,13H,2,6-9,16H2,1H3;1H/t13-;/m0./s1. The van der Waals surface area contributed by atoms with E-state index in [0.29, 0.717) is 24.5 Å². The molecule has 1 amide bonds. The molecule has 1 heterocycles. The zero-order chi connectivity index (χ0) is 16.3. The highest BCUT2D eigenvalue weighted by Gasteiger charge is 2.31. The van der Waals surface area contributed by atoms with E-state index >= 15 is 0 Å². The Morgan fingerprint density at radius 2 is 1.91 bits per heavy atom. The summed E-state index contributed by atoms with van der Waals surface area (Å²) in [5.74, 6) is -0.123. The second-order valence-corrected chi connectivity index (χ2v) is 7.58. The van der Waals surface area contributed by atoms with Crippen LogP contribution in [0, 0.1) is 0 Å². The maximum absolute atomic E-state index is 12.5. The van der Waals surface area contributed by atoms with Gasteiger partial charge in [0.25, 0.3) is 0 Å². The Hall–Kier alpha value is -0.860. The van der Waals surface area contributed by atoms with E-state index in [9.17, 15) is 13.2 Å². The van der Waals surface area contributed by atoms with Crippen molar-refractivity contribution >= 4 is 39.9 Å². The minimum absolute atomic E-state index is 0. The largest absolute Gasteiger partial charge is 0.339 e. The number of hydrogen-bond donors (Lipinski definition) is 1. The third kappa shape index (κ3) is 4.58. The van der Waals surface area contributed by atoms with E-state index in [1.54, 1.807) is 17.0 Å². The topological polar surface area (TPSA) is 83.7 Å². The lowest BCUT2D eigenvalue weighted by molar-refractivity contribution is -0.133. The minimum atomic E-state index is -3.58. The summed E-state index contributed by atoms with van der Waals surface area (Å²) in [6.07, 6.45) is 0.569. The van der Waals surface area contributed by atoms with E-state index in [1.165, 1.54) is 16.4 Å². The van der Waals surface area contributed by atoms with Gasteiger partial charge in [0.05, 0.1) is 10.9 Å². The first-order valence-corrected chi connectivity index (χ1v) is 8.98. The average Bonchev–Trinajstić information content (AvgIpc) is 2.53. The molecule has 0 aliphatic carbocycles. The number of carbonyl (C=O) groups is 1. The molecule has 1 aliphatic rings. The maximum atomic E-state index is 12.5. The van der Waals surface area contributed by atoms with Crippen LogP contribution in [-0.2, 0) is 14.8 Å². The Morgan fingerprint density at radius 3 is 2.43 bits per heavy atom. The molecule has 9 heteroatoms. The minimum Gasteiger partial charge on any atom is -0.339 e. The van der Waals surface area contributed by atoms with Crippen molar-refractivity contribution in [3.05, 3.63) is 29.3 Å². The monoisotopic (exact) mass is 381 g/mol. The van der Waals surface area contributed by atoms with Gasteiger partial charge in [-0.25, -0.2) is 8.42 Å². The van der Waals surface area contributed by atoms with E-state index in [-0.39, 0.29) is 36.3 Å². The number of nitrogens with two attached hydrogens (primary N) is 1. The van der Waals surface area contributed by atoms with Gasteiger partial charge in [0.2, 0.25) is 15.9 Å². The van der Waals surface area contributed by atoms with Gasteiger partial charge in [-0.2, -0.15) is 4.31 Å². The Bertz CT molecular complexity index is 646. The van der Waals surface area contributed by atoms with Gasteiger partial charge in [-0.3, -0.25) is 4.79 Å². The Labute approximate surface area is 148 Å². The first kappa shape index (κ1) is 20.2. The van der Waals surface area contributed by atoms with Crippen LogP contribution in [0.25, 0.3) is 0 Å². The molecule has 130 valence electrons. The summed E-state index contributed by atoms with van der Waals surface area (Å²) < 4.78 is 26.5. The van der Waals surface area contributed by atoms with Gasteiger partial charge in [0, 0.05) is 31.2 Å². The molecule has 1 saturated heterocycles. The number of piperazine rings is 1. The Balaban J connectivity index is 0.00000264. The van der Waals surface area contributed by atoms with Gasteiger partial charge in [0.1, 0.15) is 0 Å². The molecule has 23 heavy (non-hydrogen) atoms. The van der Waals surface area contributed by atoms with Crippen molar-refractivity contribution in [2.45, 2.75) is 24.3 Å². The zero-order valence-corrected chi connectivity index (χ0v) is 15.2. The normalized spacial score (nSPS) is 17.4. The molecule has 1 aromatic rings. The first-order chi connectivity index (χ1) is 10.4. The number of halogens is 2. The van der Waals surface area contributed by atoms with Gasteiger partial charge >= 0.3 is 0 Å². The number of hydrogen-bond acceptors (Lipinski definition) is 4. The number of carbonyl (C=O) groups excluding carboxylic acids is 1. The molecule has 6 nitrogen and oxygen atoms in total. The van der Waals surface area contributed by atoms with Crippen LogP contribution in [-0.4, -0.2) is 55.8 Å². The molecular formula is C14H21Cl2N3O3S. The average molecular weight is 382 g/mol. The zero-order valence-electron chi connectivity index (χ0n) is 12.8. The van der Waals surface area contributed by atoms with E-state index in [2.05, 4.69) is 0 Å². The number of nitrogens with zero attached hydrogens (tertiary/aromatic N) is 2. The van der Waals surface area contributed by atoms with Crippen LogP contribution in [0.15, 0.2) is 29.2 Å². The third-order valence-electron chi connectivity index (χ3n) is 3.74. The summed E-state index contributed by atoms with van der Waals surface area (Å²) in [4.78, 5) is 13.8. The second-order valence-electron chi connectivity index (χ2n) is 5.20. The lowest BCUT2D eigenvalue weighted by Gasteiger charge is -2.35. The molecule has 1 aliphatic heterocycles. The third-order valence-corrected chi connectivity index (χ3v) is 5.87. The summed E-state index contributed by atoms with van der Waals surface area (Å²) in [6.45, 7) is 3.08. The van der Waals surface area contributed by atoms with Crippen molar-refractivity contribution in [1.29, 1.82) is 0 Å². The number of sulfonamides is 1. The van der Waals surface area contributed by atoms with E-state index < -0.39 is 16.1 Å². The molecule has 0 aromatic heterocycles. The fraction of sp³-hybridized carbons (Fsp3) is 0.500. The van der Waals surface area contributed by atoms with Gasteiger partial charge in [-0.1, -0.05) is 24.6 Å². The highest BCUT2D eigenvalue weighted by molar-refractivity contribution is 7.89. The molecule has 0 spiro atoms. The van der Waals surface area contributed by atoms with Crippen LogP contribution < -0.4 is 5.73 Å². The van der Waals surface area contributed by atoms with Crippen LogP contribution in [0.2, 0.25) is 5.02 Å². The molecule has 0 radical (unpaired) electrons. The second kappa shape index (κ2) is 8.30. The molecule has 1 fully saturated rings. The molecular weight excluding hydrogens is 361 g/mol. The van der Waals surface area contributed by atoms with Crippen molar-refractivity contribution < 1.29 is 13.2 Å². The van der Waals surface area contributed by atoms with Crippen molar-refractivity contribution in [2.24, 2.45) is 5.73 Å². The van der Waals surface area contributed by atoms with E-state index in [4.69, 9.17) is 17.3 Å². The highest BCUT2D eigenvalue weighted by Crippen LogP contribution is 2.21. The summed E-state index contributed by atoms with van der Waals surface area (Å²) in [7, 11) is -3.58. The van der Waals surface area contributed by atoms with Crippen molar-refractivity contribution in [2.75, 3.05) is 26.2 Å². The summed E-state index contributed by atoms with van der Waals surface area (Å²) in [5.41, 5.74) is 5.74. The lowest BCUT2D eigenvalue weighted by Crippen LogP contribution is -2.54. The van der Waals surface area contributed by atoms with Gasteiger partial charge in [-0.05, 0) is 24.6 Å². The summed E-state index contributed by atoms with van der Waals surface area (Å²) in [6, 6.07) is 5.67. The van der Waals surface area contributed by atoms with Crippen LogP contribution in [0.5, 0.6) is 0 Å². The molecule has 0 saturated carbocycles. The van der Waals surface area contributed by atoms with E-state index in [1.807, 2.05) is 6.92 Å². The molecule has 1 aromatic carbocycles. The predicted molar refractivity (Wildman–Crippen MR) is 92.3 cm³/mol. The highest BCUT2D eigenvalue weighted by atomic mass is 35.5. The lowest BCUT2D eigenvalue weighted by atomic mass is 10.2. The number of rotatable bonds is 4. The van der Waals surface area contributed by atoms with Gasteiger partial charge in [-0.15, -0.1) is 12.4 Å². The first-order valence-electron chi connectivity index (χ1n) is 7.16. The Kier molecular flexibility index (Phi) is 7.29. The number of amides is 1. The van der Waals surface area contributed by atoms with Gasteiger partial charge < -0.3 is 10.6 Å². The SMILES string of the molecule is CC[C@H](N)C(=O)N1CCN(S(=O)(=O)c2cccc(Cl)c2)CC1.Cl. The molecule has 0 bridgehead atoms. The quantitative estimate of drug-likeness (QED) is 0.852. The van der Waals surface area contributed by atoms with E-state index in [0.717, 1.165) is 0 Å². The molecule has 1 atom stereocenters. The maximum Gasteiger partial charge on any atom is 0.243 e. The fourth-order valence-electron chi connectivity index (χ4n) is 2.33.